The van der Waals surface area contributed by atoms with Crippen molar-refractivity contribution in [1.29, 1.82) is 0 Å². The van der Waals surface area contributed by atoms with Gasteiger partial charge in [-0.15, -0.1) is 0 Å². The molecule has 3 aromatic rings. The zero-order chi connectivity index (χ0) is 16.4. The lowest BCUT2D eigenvalue weighted by atomic mass is 9.95. The van der Waals surface area contributed by atoms with E-state index in [1.165, 1.54) is 0 Å². The number of hydrogen-bond donors (Lipinski definition) is 3. The largest absolute Gasteiger partial charge is 0.449 e. The van der Waals surface area contributed by atoms with Crippen LogP contribution in [-0.2, 0) is 6.54 Å². The Bertz CT molecular complexity index is 883. The Kier molecular flexibility index (Phi) is 4.47. The second kappa shape index (κ2) is 6.53. The summed E-state index contributed by atoms with van der Waals surface area (Å²) >= 11 is 0. The summed E-state index contributed by atoms with van der Waals surface area (Å²) in [6.45, 7) is 0.972. The first-order valence-electron chi connectivity index (χ1n) is 7.27. The number of benzene rings is 1. The number of rotatable bonds is 6. The van der Waals surface area contributed by atoms with E-state index >= 15 is 0 Å². The maximum absolute atomic E-state index is 12.2. The average molecular weight is 313 g/mol. The van der Waals surface area contributed by atoms with E-state index in [4.69, 9.17) is 22.5 Å². The van der Waals surface area contributed by atoms with Gasteiger partial charge in [0.2, 0.25) is 5.58 Å². The molecule has 0 atom stereocenters. The van der Waals surface area contributed by atoms with Crippen molar-refractivity contribution in [3.05, 3.63) is 34.4 Å². The van der Waals surface area contributed by atoms with Crippen molar-refractivity contribution in [2.45, 2.75) is 6.54 Å². The summed E-state index contributed by atoms with van der Waals surface area (Å²) in [5.41, 5.74) is 1.36. The molecule has 0 fully saturated rings. The first-order valence-corrected chi connectivity index (χ1v) is 7.27. The van der Waals surface area contributed by atoms with Crippen molar-refractivity contribution in [2.75, 3.05) is 26.3 Å². The van der Waals surface area contributed by atoms with Gasteiger partial charge in [-0.1, -0.05) is 17.6 Å². The number of nitrogens with zero attached hydrogens (tertiary/aromatic N) is 2. The number of fused-ring (bicyclic) bond motifs is 3. The van der Waals surface area contributed by atoms with E-state index in [0.29, 0.717) is 47.4 Å². The average Bonchev–Trinajstić information content (AvgIpc) is 2.87. The quantitative estimate of drug-likeness (QED) is 0.518. The van der Waals surface area contributed by atoms with Crippen LogP contribution in [0.5, 0.6) is 0 Å². The lowest BCUT2D eigenvalue weighted by molar-refractivity contribution is 0.153. The molecule has 0 unspecified atom stereocenters. The summed E-state index contributed by atoms with van der Waals surface area (Å²) in [6, 6.07) is 5.12. The van der Waals surface area contributed by atoms with E-state index in [-0.39, 0.29) is 24.4 Å². The smallest absolute Gasteiger partial charge is 0.294 e. The number of nitrogens with one attached hydrogen (secondary N) is 1. The monoisotopic (exact) mass is 313 g/mol. The molecule has 2 heterocycles. The lowest BCUT2D eigenvalue weighted by Crippen LogP contribution is -2.31. The Morgan fingerprint density at radius 2 is 2.00 bits per heavy atom. The fraction of sp³-hybridized carbons (Fsp3) is 0.333. The number of aliphatic hydroxyl groups is 2. The van der Waals surface area contributed by atoms with Gasteiger partial charge in [0.05, 0.1) is 19.8 Å². The van der Waals surface area contributed by atoms with Crippen LogP contribution < -0.4 is 11.0 Å². The summed E-state index contributed by atoms with van der Waals surface area (Å²) in [4.78, 5) is 21.1. The van der Waals surface area contributed by atoms with Crippen LogP contribution in [0.3, 0.4) is 0 Å². The van der Waals surface area contributed by atoms with Gasteiger partial charge in [0, 0.05) is 18.5 Å². The van der Waals surface area contributed by atoms with Crippen LogP contribution in [0.15, 0.2) is 27.4 Å². The van der Waals surface area contributed by atoms with Crippen LogP contribution in [-0.4, -0.2) is 59.2 Å². The van der Waals surface area contributed by atoms with E-state index in [0.717, 1.165) is 0 Å². The predicted molar refractivity (Wildman–Crippen MR) is 87.0 cm³/mol. The predicted octanol–water partition coefficient (Wildman–Crippen LogP) is -0.750. The third-order valence-corrected chi connectivity index (χ3v) is 3.60. The minimum atomic E-state index is -0.368. The molecule has 0 saturated carbocycles. The second-order valence-corrected chi connectivity index (χ2v) is 5.27. The maximum atomic E-state index is 12.2. The Morgan fingerprint density at radius 1 is 1.26 bits per heavy atom. The Morgan fingerprint density at radius 3 is 2.70 bits per heavy atom. The SMILES string of the molecule is [B]c1ccc2oc3c(=O)[nH]c(CN(CCO)CCO)nc3c2c1. The molecule has 3 rings (SSSR count). The highest BCUT2D eigenvalue weighted by molar-refractivity contribution is 6.33. The normalized spacial score (nSPS) is 11.8. The van der Waals surface area contributed by atoms with Gasteiger partial charge in [-0.3, -0.25) is 9.69 Å². The number of H-pyrrole nitrogens is 1. The van der Waals surface area contributed by atoms with Crippen molar-refractivity contribution in [3.8, 4) is 0 Å². The van der Waals surface area contributed by atoms with Gasteiger partial charge < -0.3 is 19.6 Å². The van der Waals surface area contributed by atoms with Crippen LogP contribution in [0.25, 0.3) is 22.1 Å². The van der Waals surface area contributed by atoms with E-state index in [1.807, 2.05) is 0 Å². The molecule has 2 radical (unpaired) electrons. The summed E-state index contributed by atoms with van der Waals surface area (Å²) in [6.07, 6.45) is 0. The molecule has 0 saturated heterocycles. The van der Waals surface area contributed by atoms with Crippen molar-refractivity contribution in [3.63, 3.8) is 0 Å². The number of aliphatic hydroxyl groups excluding tert-OH is 2. The van der Waals surface area contributed by atoms with Gasteiger partial charge in [-0.25, -0.2) is 4.98 Å². The highest BCUT2D eigenvalue weighted by Crippen LogP contribution is 2.23. The Labute approximate surface area is 133 Å². The van der Waals surface area contributed by atoms with Crippen LogP contribution in [0.4, 0.5) is 0 Å². The van der Waals surface area contributed by atoms with Crippen LogP contribution in [0.2, 0.25) is 0 Å². The van der Waals surface area contributed by atoms with Crippen molar-refractivity contribution < 1.29 is 14.6 Å². The lowest BCUT2D eigenvalue weighted by Gasteiger charge is -2.19. The minimum Gasteiger partial charge on any atom is -0.449 e. The van der Waals surface area contributed by atoms with E-state index < -0.39 is 0 Å². The summed E-state index contributed by atoms with van der Waals surface area (Å²) in [7, 11) is 5.79. The van der Waals surface area contributed by atoms with E-state index in [2.05, 4.69) is 9.97 Å². The highest BCUT2D eigenvalue weighted by atomic mass is 16.3. The maximum Gasteiger partial charge on any atom is 0.294 e. The molecule has 3 N–H and O–H groups in total. The van der Waals surface area contributed by atoms with Crippen molar-refractivity contribution >= 4 is 35.4 Å². The molecular formula is C15H16BN3O4. The number of aromatic amines is 1. The molecule has 0 aliphatic carbocycles. The Balaban J connectivity index is 2.07. The molecular weight excluding hydrogens is 297 g/mol. The van der Waals surface area contributed by atoms with Crippen molar-refractivity contribution in [1.82, 2.24) is 14.9 Å². The summed E-state index contributed by atoms with van der Waals surface area (Å²) in [5, 5.41) is 18.8. The standard InChI is InChI=1S/C15H16BN3O4/c16-9-1-2-11-10(7-9)13-14(23-11)15(22)18-12(17-13)8-19(3-5-20)4-6-21/h1-2,7,20-21H,3-6,8H2,(H,17,18,22). The molecule has 0 aliphatic heterocycles. The molecule has 7 nitrogen and oxygen atoms in total. The van der Waals surface area contributed by atoms with Gasteiger partial charge in [0.25, 0.3) is 5.56 Å². The highest BCUT2D eigenvalue weighted by Gasteiger charge is 2.15. The molecule has 1 aromatic carbocycles. The van der Waals surface area contributed by atoms with E-state index in [1.54, 1.807) is 23.1 Å². The van der Waals surface area contributed by atoms with E-state index in [9.17, 15) is 4.79 Å². The van der Waals surface area contributed by atoms with Crippen LogP contribution in [0.1, 0.15) is 5.82 Å². The summed E-state index contributed by atoms with van der Waals surface area (Å²) in [5.74, 6) is 0.439. The molecule has 0 aliphatic rings. The van der Waals surface area contributed by atoms with Crippen LogP contribution >= 0.6 is 0 Å². The van der Waals surface area contributed by atoms with Gasteiger partial charge in [-0.2, -0.15) is 0 Å². The molecule has 0 bridgehead atoms. The molecule has 0 spiro atoms. The van der Waals surface area contributed by atoms with Gasteiger partial charge in [0.1, 0.15) is 24.8 Å². The van der Waals surface area contributed by atoms with Crippen molar-refractivity contribution in [2.24, 2.45) is 0 Å². The van der Waals surface area contributed by atoms with Gasteiger partial charge in [-0.05, 0) is 6.07 Å². The zero-order valence-corrected chi connectivity index (χ0v) is 12.5. The third kappa shape index (κ3) is 3.14. The number of aromatic nitrogens is 2. The number of hydrogen-bond acceptors (Lipinski definition) is 6. The number of furan rings is 1. The molecule has 118 valence electrons. The zero-order valence-electron chi connectivity index (χ0n) is 12.5. The first kappa shape index (κ1) is 15.7. The van der Waals surface area contributed by atoms with Crippen LogP contribution in [0, 0.1) is 0 Å². The minimum absolute atomic E-state index is 0.0440. The third-order valence-electron chi connectivity index (χ3n) is 3.60. The molecule has 8 heteroatoms. The molecule has 0 amide bonds. The first-order chi connectivity index (χ1) is 11.1. The second-order valence-electron chi connectivity index (χ2n) is 5.27. The topological polar surface area (TPSA) is 103 Å². The molecule has 2 aromatic heterocycles. The van der Waals surface area contributed by atoms with Gasteiger partial charge in [0.15, 0.2) is 0 Å². The fourth-order valence-corrected chi connectivity index (χ4v) is 2.56. The Hall–Kier alpha value is -2.16. The fourth-order valence-electron chi connectivity index (χ4n) is 2.56. The molecule has 23 heavy (non-hydrogen) atoms. The van der Waals surface area contributed by atoms with Gasteiger partial charge >= 0.3 is 0 Å². The summed E-state index contributed by atoms with van der Waals surface area (Å²) < 4.78 is 5.54.